The standard InChI is InChI=1S/C9H9N3S/c10-9(12-13)7-5-11-8-4-2-1-3-6(7)8/h1-5,9,11H,10H2. The van der Waals surface area contributed by atoms with Gasteiger partial charge in [0, 0.05) is 35.1 Å². The van der Waals surface area contributed by atoms with Crippen LogP contribution < -0.4 is 5.73 Å². The molecule has 0 radical (unpaired) electrons. The van der Waals surface area contributed by atoms with Gasteiger partial charge in [0.15, 0.2) is 0 Å². The van der Waals surface area contributed by atoms with E-state index in [-0.39, 0.29) is 0 Å². The number of aromatic amines is 1. The highest BCUT2D eigenvalue weighted by molar-refractivity contribution is 7.47. The van der Waals surface area contributed by atoms with Crippen molar-refractivity contribution in [1.29, 1.82) is 0 Å². The lowest BCUT2D eigenvalue weighted by Gasteiger charge is -2.00. The topological polar surface area (TPSA) is 54.2 Å². The molecule has 0 fully saturated rings. The number of hydrogen-bond acceptors (Lipinski definition) is 3. The van der Waals surface area contributed by atoms with Crippen LogP contribution in [0.1, 0.15) is 11.7 Å². The predicted molar refractivity (Wildman–Crippen MR) is 55.0 cm³/mol. The minimum Gasteiger partial charge on any atom is -0.361 e. The lowest BCUT2D eigenvalue weighted by molar-refractivity contribution is 0.799. The Morgan fingerprint density at radius 3 is 2.92 bits per heavy atom. The number of nitrogens with two attached hydrogens (primary N) is 1. The molecule has 0 bridgehead atoms. The summed E-state index contributed by atoms with van der Waals surface area (Å²) >= 11 is 4.57. The van der Waals surface area contributed by atoms with E-state index in [0.29, 0.717) is 0 Å². The van der Waals surface area contributed by atoms with Crippen molar-refractivity contribution in [2.24, 2.45) is 10.1 Å². The van der Waals surface area contributed by atoms with Gasteiger partial charge in [-0.2, -0.15) is 4.36 Å². The van der Waals surface area contributed by atoms with Crippen molar-refractivity contribution in [1.82, 2.24) is 4.98 Å². The van der Waals surface area contributed by atoms with Gasteiger partial charge in [0.25, 0.3) is 0 Å². The van der Waals surface area contributed by atoms with Crippen molar-refractivity contribution >= 4 is 23.3 Å². The van der Waals surface area contributed by atoms with Crippen LogP contribution in [0.5, 0.6) is 0 Å². The van der Waals surface area contributed by atoms with E-state index in [2.05, 4.69) is 21.8 Å². The van der Waals surface area contributed by atoms with Crippen molar-refractivity contribution in [2.75, 3.05) is 0 Å². The van der Waals surface area contributed by atoms with Gasteiger partial charge in [0.05, 0.1) is 0 Å². The molecule has 1 heterocycles. The zero-order valence-corrected chi connectivity index (χ0v) is 7.71. The van der Waals surface area contributed by atoms with Crippen LogP contribution in [0.2, 0.25) is 0 Å². The number of para-hydroxylation sites is 1. The summed E-state index contributed by atoms with van der Waals surface area (Å²) in [6.45, 7) is 0. The van der Waals surface area contributed by atoms with E-state index >= 15 is 0 Å². The summed E-state index contributed by atoms with van der Waals surface area (Å²) in [5, 5.41) is 1.09. The van der Waals surface area contributed by atoms with Gasteiger partial charge in [0.2, 0.25) is 0 Å². The van der Waals surface area contributed by atoms with Crippen molar-refractivity contribution in [2.45, 2.75) is 6.17 Å². The molecule has 0 saturated heterocycles. The molecule has 1 unspecified atom stereocenters. The van der Waals surface area contributed by atoms with Crippen LogP contribution in [0.15, 0.2) is 34.8 Å². The SMILES string of the molecule is NC(N=S)c1c[nH]c2ccccc12. The van der Waals surface area contributed by atoms with Gasteiger partial charge in [-0.05, 0) is 6.07 Å². The Hall–Kier alpha value is -1.26. The Morgan fingerprint density at radius 1 is 1.38 bits per heavy atom. The van der Waals surface area contributed by atoms with E-state index in [1.165, 1.54) is 0 Å². The Morgan fingerprint density at radius 2 is 2.15 bits per heavy atom. The Kier molecular flexibility index (Phi) is 2.08. The summed E-state index contributed by atoms with van der Waals surface area (Å²) in [7, 11) is 0. The van der Waals surface area contributed by atoms with Crippen LogP contribution >= 0.6 is 0 Å². The van der Waals surface area contributed by atoms with E-state index in [4.69, 9.17) is 5.73 Å². The molecule has 1 aromatic heterocycles. The first-order valence-electron chi connectivity index (χ1n) is 3.97. The highest BCUT2D eigenvalue weighted by Crippen LogP contribution is 2.22. The first-order chi connectivity index (χ1) is 6.33. The lowest BCUT2D eigenvalue weighted by atomic mass is 10.1. The molecular formula is C9H9N3S. The smallest absolute Gasteiger partial charge is 0.138 e. The summed E-state index contributed by atoms with van der Waals surface area (Å²) in [6, 6.07) is 7.94. The molecule has 0 spiro atoms. The van der Waals surface area contributed by atoms with E-state index in [9.17, 15) is 0 Å². The Labute approximate surface area is 81.1 Å². The molecule has 66 valence electrons. The Bertz CT molecular complexity index is 435. The van der Waals surface area contributed by atoms with Gasteiger partial charge in [-0.25, -0.2) is 0 Å². The molecular weight excluding hydrogens is 182 g/mol. The molecule has 1 aromatic carbocycles. The van der Waals surface area contributed by atoms with Gasteiger partial charge >= 0.3 is 0 Å². The van der Waals surface area contributed by atoms with Gasteiger partial charge in [0.1, 0.15) is 6.17 Å². The quantitative estimate of drug-likeness (QED) is 0.761. The largest absolute Gasteiger partial charge is 0.361 e. The maximum absolute atomic E-state index is 5.71. The molecule has 0 aliphatic rings. The monoisotopic (exact) mass is 191 g/mol. The van der Waals surface area contributed by atoms with Crippen molar-refractivity contribution < 1.29 is 0 Å². The number of nitrogens with one attached hydrogen (secondary N) is 1. The summed E-state index contributed by atoms with van der Waals surface area (Å²) in [4.78, 5) is 3.12. The van der Waals surface area contributed by atoms with Crippen LogP contribution in [-0.4, -0.2) is 4.98 Å². The number of hydrogen-bond donors (Lipinski definition) is 2. The average molecular weight is 191 g/mol. The molecule has 3 N–H and O–H groups in total. The van der Waals surface area contributed by atoms with E-state index in [1.807, 2.05) is 30.5 Å². The third kappa shape index (κ3) is 1.34. The Balaban J connectivity index is 2.64. The molecule has 0 aliphatic carbocycles. The molecule has 3 nitrogen and oxygen atoms in total. The van der Waals surface area contributed by atoms with Crippen molar-refractivity contribution in [3.05, 3.63) is 36.0 Å². The first-order valence-corrected chi connectivity index (χ1v) is 4.33. The fourth-order valence-corrected chi connectivity index (χ4v) is 1.51. The number of nitrogens with zero attached hydrogens (tertiary/aromatic N) is 1. The fourth-order valence-electron chi connectivity index (χ4n) is 1.40. The number of aromatic nitrogens is 1. The van der Waals surface area contributed by atoms with E-state index in [0.717, 1.165) is 16.5 Å². The maximum atomic E-state index is 5.71. The lowest BCUT2D eigenvalue weighted by Crippen LogP contribution is -2.05. The zero-order chi connectivity index (χ0) is 9.26. The molecule has 2 rings (SSSR count). The summed E-state index contributed by atoms with van der Waals surface area (Å²) in [6.07, 6.45) is 1.44. The van der Waals surface area contributed by atoms with E-state index < -0.39 is 6.17 Å². The van der Waals surface area contributed by atoms with Crippen molar-refractivity contribution in [3.8, 4) is 0 Å². The number of fused-ring (bicyclic) bond motifs is 1. The highest BCUT2D eigenvalue weighted by atomic mass is 32.1. The first kappa shape index (κ1) is 8.34. The third-order valence-corrected chi connectivity index (χ3v) is 2.28. The van der Waals surface area contributed by atoms with Crippen LogP contribution in [0, 0.1) is 0 Å². The number of rotatable bonds is 2. The zero-order valence-electron chi connectivity index (χ0n) is 6.90. The van der Waals surface area contributed by atoms with Gasteiger partial charge in [-0.1, -0.05) is 18.2 Å². The van der Waals surface area contributed by atoms with Crippen LogP contribution in [-0.2, 0) is 12.4 Å². The number of H-pyrrole nitrogens is 1. The normalized spacial score (nSPS) is 13.0. The molecule has 2 aromatic rings. The molecule has 1 atom stereocenters. The van der Waals surface area contributed by atoms with Crippen LogP contribution in [0.4, 0.5) is 0 Å². The molecule has 0 saturated carbocycles. The minimum atomic E-state index is -0.411. The van der Waals surface area contributed by atoms with Gasteiger partial charge in [-0.3, -0.25) is 0 Å². The highest BCUT2D eigenvalue weighted by Gasteiger charge is 2.08. The molecule has 4 heteroatoms. The fraction of sp³-hybridized carbons (Fsp3) is 0.111. The summed E-state index contributed by atoms with van der Waals surface area (Å²) in [5.74, 6) is 0. The van der Waals surface area contributed by atoms with E-state index in [1.54, 1.807) is 0 Å². The predicted octanol–water partition coefficient (Wildman–Crippen LogP) is 1.86. The second-order valence-electron chi connectivity index (χ2n) is 2.84. The second kappa shape index (κ2) is 3.24. The number of benzene rings is 1. The summed E-state index contributed by atoms with van der Waals surface area (Å²) < 4.78 is 3.62. The van der Waals surface area contributed by atoms with Crippen molar-refractivity contribution in [3.63, 3.8) is 0 Å². The average Bonchev–Trinajstić information content (AvgIpc) is 2.60. The second-order valence-corrected chi connectivity index (χ2v) is 3.05. The molecule has 0 amide bonds. The van der Waals surface area contributed by atoms with Gasteiger partial charge < -0.3 is 10.7 Å². The van der Waals surface area contributed by atoms with Gasteiger partial charge in [-0.15, -0.1) is 0 Å². The summed E-state index contributed by atoms with van der Waals surface area (Å²) in [5.41, 5.74) is 7.73. The molecule has 0 aliphatic heterocycles. The van der Waals surface area contributed by atoms with Crippen LogP contribution in [0.3, 0.4) is 0 Å². The third-order valence-electron chi connectivity index (χ3n) is 2.05. The minimum absolute atomic E-state index is 0.411. The maximum Gasteiger partial charge on any atom is 0.138 e. The van der Waals surface area contributed by atoms with Crippen LogP contribution in [0.25, 0.3) is 10.9 Å². The molecule has 13 heavy (non-hydrogen) atoms.